The number of allylic oxidation sites excluding steroid dienone is 1. The molecule has 4 N–H and O–H groups in total. The average Bonchev–Trinajstić information content (AvgIpc) is 3.04. The number of hydrogen-bond donors (Lipinski definition) is 4. The number of methoxy groups -OCH3 is 2. The second-order valence-electron chi connectivity index (χ2n) is 5.44. The summed E-state index contributed by atoms with van der Waals surface area (Å²) in [4.78, 5) is 20.0. The van der Waals surface area contributed by atoms with Crippen molar-refractivity contribution in [2.45, 2.75) is 6.92 Å². The SMILES string of the molecule is CCN/C=C1/NC(=O)C(c2nc3cc(OC)c(OC)cc3[nH]2)=C(Cl)C1=N. The first-order valence-corrected chi connectivity index (χ1v) is 8.24. The first kappa shape index (κ1) is 17.8. The number of aromatic nitrogens is 2. The molecule has 1 aromatic heterocycles. The highest BCUT2D eigenvalue weighted by molar-refractivity contribution is 6.54. The Morgan fingerprint density at radius 3 is 2.65 bits per heavy atom. The molecule has 1 aliphatic rings. The van der Waals surface area contributed by atoms with Crippen LogP contribution in [-0.2, 0) is 4.79 Å². The molecular weight excluding hydrogens is 358 g/mol. The second-order valence-corrected chi connectivity index (χ2v) is 5.82. The lowest BCUT2D eigenvalue weighted by atomic mass is 10.1. The van der Waals surface area contributed by atoms with Crippen molar-refractivity contribution in [1.82, 2.24) is 20.6 Å². The average molecular weight is 376 g/mol. The Balaban J connectivity index is 2.09. The van der Waals surface area contributed by atoms with Crippen LogP contribution in [0, 0.1) is 5.41 Å². The van der Waals surface area contributed by atoms with Crippen LogP contribution in [0.15, 0.2) is 29.1 Å². The minimum Gasteiger partial charge on any atom is -0.493 e. The Morgan fingerprint density at radius 2 is 2.00 bits per heavy atom. The zero-order valence-electron chi connectivity index (χ0n) is 14.5. The summed E-state index contributed by atoms with van der Waals surface area (Å²) >= 11 is 6.30. The summed E-state index contributed by atoms with van der Waals surface area (Å²) in [5.41, 5.74) is 1.67. The summed E-state index contributed by atoms with van der Waals surface area (Å²) in [5.74, 6) is 0.889. The number of H-pyrrole nitrogens is 1. The van der Waals surface area contributed by atoms with E-state index in [2.05, 4.69) is 20.6 Å². The molecule has 136 valence electrons. The molecule has 0 saturated carbocycles. The van der Waals surface area contributed by atoms with E-state index in [0.29, 0.717) is 34.8 Å². The Labute approximate surface area is 154 Å². The van der Waals surface area contributed by atoms with E-state index in [1.54, 1.807) is 18.3 Å². The van der Waals surface area contributed by atoms with Gasteiger partial charge in [0.05, 0.1) is 41.7 Å². The number of carbonyl (C=O) groups excluding carboxylic acids is 1. The number of imidazole rings is 1. The van der Waals surface area contributed by atoms with Crippen LogP contribution in [0.25, 0.3) is 16.6 Å². The number of amides is 1. The largest absolute Gasteiger partial charge is 0.493 e. The number of nitrogens with one attached hydrogen (secondary N) is 4. The Morgan fingerprint density at radius 1 is 1.31 bits per heavy atom. The highest BCUT2D eigenvalue weighted by Crippen LogP contribution is 2.33. The molecule has 0 saturated heterocycles. The quantitative estimate of drug-likeness (QED) is 0.639. The van der Waals surface area contributed by atoms with Crippen molar-refractivity contribution in [2.75, 3.05) is 20.8 Å². The molecule has 0 spiro atoms. The first-order valence-electron chi connectivity index (χ1n) is 7.86. The molecule has 2 heterocycles. The van der Waals surface area contributed by atoms with Crippen molar-refractivity contribution >= 4 is 39.8 Å². The number of halogens is 1. The number of hydrogen-bond acceptors (Lipinski definition) is 6. The van der Waals surface area contributed by atoms with E-state index in [4.69, 9.17) is 26.5 Å². The molecule has 1 aromatic carbocycles. The molecule has 0 bridgehead atoms. The monoisotopic (exact) mass is 375 g/mol. The van der Waals surface area contributed by atoms with E-state index in [1.165, 1.54) is 14.2 Å². The zero-order chi connectivity index (χ0) is 18.8. The van der Waals surface area contributed by atoms with Crippen molar-refractivity contribution in [2.24, 2.45) is 0 Å². The van der Waals surface area contributed by atoms with Crippen LogP contribution in [-0.4, -0.2) is 42.4 Å². The standard InChI is InChI=1S/C17H18ClN5O3/c1-4-20-7-10-15(19)14(18)13(17(24)23-10)16-21-8-5-11(25-2)12(26-3)6-9(8)22-16/h5-7,19-20H,4H2,1-3H3,(H,21,22)(H,23,24)/b10-7+,19-15?. The predicted octanol–water partition coefficient (Wildman–Crippen LogP) is 2.13. The first-order chi connectivity index (χ1) is 12.5. The van der Waals surface area contributed by atoms with Gasteiger partial charge in [-0.25, -0.2) is 4.98 Å². The molecule has 1 aliphatic heterocycles. The molecular formula is C17H18ClN5O3. The minimum atomic E-state index is -0.437. The lowest BCUT2D eigenvalue weighted by Crippen LogP contribution is -2.35. The van der Waals surface area contributed by atoms with Gasteiger partial charge in [0.15, 0.2) is 11.5 Å². The number of benzene rings is 1. The van der Waals surface area contributed by atoms with E-state index in [0.717, 1.165) is 0 Å². The Hall–Kier alpha value is -3.00. The molecule has 3 rings (SSSR count). The van der Waals surface area contributed by atoms with E-state index in [1.807, 2.05) is 6.92 Å². The molecule has 9 heteroatoms. The van der Waals surface area contributed by atoms with Gasteiger partial charge in [-0.1, -0.05) is 11.6 Å². The van der Waals surface area contributed by atoms with E-state index < -0.39 is 5.91 Å². The van der Waals surface area contributed by atoms with Gasteiger partial charge in [0.2, 0.25) is 0 Å². The smallest absolute Gasteiger partial charge is 0.261 e. The fraction of sp³-hybridized carbons (Fsp3) is 0.235. The van der Waals surface area contributed by atoms with Crippen LogP contribution in [0.3, 0.4) is 0 Å². The van der Waals surface area contributed by atoms with Gasteiger partial charge in [-0.2, -0.15) is 0 Å². The maximum absolute atomic E-state index is 12.5. The van der Waals surface area contributed by atoms with Gasteiger partial charge in [0.1, 0.15) is 11.4 Å². The number of nitrogens with zero attached hydrogens (tertiary/aromatic N) is 1. The van der Waals surface area contributed by atoms with E-state index >= 15 is 0 Å². The molecule has 0 unspecified atom stereocenters. The highest BCUT2D eigenvalue weighted by atomic mass is 35.5. The maximum atomic E-state index is 12.5. The molecule has 0 aliphatic carbocycles. The predicted molar refractivity (Wildman–Crippen MR) is 99.6 cm³/mol. The third-order valence-electron chi connectivity index (χ3n) is 3.86. The lowest BCUT2D eigenvalue weighted by molar-refractivity contribution is -0.115. The molecule has 0 fully saturated rings. The van der Waals surface area contributed by atoms with Gasteiger partial charge in [-0.15, -0.1) is 0 Å². The fourth-order valence-corrected chi connectivity index (χ4v) is 2.85. The number of rotatable bonds is 5. The second kappa shape index (κ2) is 7.09. The van der Waals surface area contributed by atoms with Gasteiger partial charge in [-0.3, -0.25) is 10.2 Å². The van der Waals surface area contributed by atoms with Crippen molar-refractivity contribution in [3.63, 3.8) is 0 Å². The van der Waals surface area contributed by atoms with E-state index in [9.17, 15) is 4.79 Å². The third kappa shape index (κ3) is 2.99. The number of fused-ring (bicyclic) bond motifs is 1. The highest BCUT2D eigenvalue weighted by Gasteiger charge is 2.30. The lowest BCUT2D eigenvalue weighted by Gasteiger charge is -2.19. The van der Waals surface area contributed by atoms with Crippen LogP contribution < -0.4 is 20.1 Å². The van der Waals surface area contributed by atoms with Crippen molar-refractivity contribution in [3.05, 3.63) is 34.9 Å². The summed E-state index contributed by atoms with van der Waals surface area (Å²) in [6.45, 7) is 2.57. The summed E-state index contributed by atoms with van der Waals surface area (Å²) in [5, 5.41) is 13.8. The number of carbonyl (C=O) groups is 1. The van der Waals surface area contributed by atoms with Crippen molar-refractivity contribution in [1.29, 1.82) is 5.41 Å². The Kier molecular flexibility index (Phi) is 4.85. The third-order valence-corrected chi connectivity index (χ3v) is 4.24. The zero-order valence-corrected chi connectivity index (χ0v) is 15.2. The van der Waals surface area contributed by atoms with Crippen LogP contribution in [0.1, 0.15) is 12.7 Å². The fourth-order valence-electron chi connectivity index (χ4n) is 2.57. The van der Waals surface area contributed by atoms with Crippen LogP contribution in [0.4, 0.5) is 0 Å². The van der Waals surface area contributed by atoms with Crippen LogP contribution >= 0.6 is 11.6 Å². The number of aromatic amines is 1. The minimum absolute atomic E-state index is 0.0119. The molecule has 2 aromatic rings. The summed E-state index contributed by atoms with van der Waals surface area (Å²) in [7, 11) is 3.07. The van der Waals surface area contributed by atoms with Gasteiger partial charge in [0.25, 0.3) is 5.91 Å². The molecule has 26 heavy (non-hydrogen) atoms. The summed E-state index contributed by atoms with van der Waals surface area (Å²) in [6, 6.07) is 3.42. The van der Waals surface area contributed by atoms with Crippen molar-refractivity contribution < 1.29 is 14.3 Å². The summed E-state index contributed by atoms with van der Waals surface area (Å²) < 4.78 is 10.5. The van der Waals surface area contributed by atoms with Crippen LogP contribution in [0.2, 0.25) is 0 Å². The van der Waals surface area contributed by atoms with Gasteiger partial charge in [-0.05, 0) is 6.92 Å². The van der Waals surface area contributed by atoms with Gasteiger partial charge >= 0.3 is 0 Å². The van der Waals surface area contributed by atoms with Gasteiger partial charge < -0.3 is 25.1 Å². The van der Waals surface area contributed by atoms with Crippen molar-refractivity contribution in [3.8, 4) is 11.5 Å². The Bertz CT molecular complexity index is 920. The topological polar surface area (TPSA) is 112 Å². The van der Waals surface area contributed by atoms with Crippen LogP contribution in [0.5, 0.6) is 11.5 Å². The molecule has 0 radical (unpaired) electrons. The van der Waals surface area contributed by atoms with E-state index in [-0.39, 0.29) is 22.1 Å². The molecule has 1 amide bonds. The molecule has 8 nitrogen and oxygen atoms in total. The number of ether oxygens (including phenoxy) is 2. The maximum Gasteiger partial charge on any atom is 0.261 e. The summed E-state index contributed by atoms with van der Waals surface area (Å²) in [6.07, 6.45) is 1.55. The van der Waals surface area contributed by atoms with Gasteiger partial charge in [0, 0.05) is 24.9 Å². The normalized spacial score (nSPS) is 16.2. The molecule has 0 atom stereocenters.